The van der Waals surface area contributed by atoms with Crippen molar-refractivity contribution in [3.05, 3.63) is 16.1 Å². The van der Waals surface area contributed by atoms with Crippen LogP contribution in [0.15, 0.2) is 6.20 Å². The van der Waals surface area contributed by atoms with Gasteiger partial charge in [-0.2, -0.15) is 0 Å². The molecule has 0 saturated heterocycles. The van der Waals surface area contributed by atoms with E-state index in [2.05, 4.69) is 10.3 Å². The standard InChI is InChI=1S/C11H17N3O4S/c1-8-12-5-9(19-8)6-13-11(17)14(3-4-18-2)7-10(15)16/h5H,3-4,6-7H2,1-2H3,(H,13,17)(H,15,16). The van der Waals surface area contributed by atoms with Gasteiger partial charge in [0.15, 0.2) is 0 Å². The number of thiazole rings is 1. The van der Waals surface area contributed by atoms with Gasteiger partial charge in [0, 0.05) is 24.7 Å². The first kappa shape index (κ1) is 15.4. The number of urea groups is 1. The number of hydrogen-bond donors (Lipinski definition) is 2. The highest BCUT2D eigenvalue weighted by atomic mass is 32.1. The number of aryl methyl sites for hydroxylation is 1. The van der Waals surface area contributed by atoms with Crippen molar-refractivity contribution in [1.29, 1.82) is 0 Å². The van der Waals surface area contributed by atoms with E-state index in [0.717, 1.165) is 9.88 Å². The van der Waals surface area contributed by atoms with E-state index < -0.39 is 12.0 Å². The summed E-state index contributed by atoms with van der Waals surface area (Å²) < 4.78 is 4.85. The topological polar surface area (TPSA) is 91.8 Å². The minimum atomic E-state index is -1.06. The Kier molecular flexibility index (Phi) is 6.23. The molecule has 1 aromatic heterocycles. The lowest BCUT2D eigenvalue weighted by Crippen LogP contribution is -2.43. The highest BCUT2D eigenvalue weighted by molar-refractivity contribution is 7.11. The fourth-order valence-electron chi connectivity index (χ4n) is 1.38. The van der Waals surface area contributed by atoms with Crippen LogP contribution in [0.2, 0.25) is 0 Å². The lowest BCUT2D eigenvalue weighted by atomic mass is 10.5. The number of aromatic nitrogens is 1. The Balaban J connectivity index is 2.48. The quantitative estimate of drug-likeness (QED) is 0.770. The van der Waals surface area contributed by atoms with Gasteiger partial charge in [0.1, 0.15) is 6.54 Å². The molecular weight excluding hydrogens is 270 g/mol. The maximum absolute atomic E-state index is 11.8. The van der Waals surface area contributed by atoms with Gasteiger partial charge in [-0.05, 0) is 6.92 Å². The van der Waals surface area contributed by atoms with Gasteiger partial charge in [-0.25, -0.2) is 9.78 Å². The van der Waals surface area contributed by atoms with Crippen LogP contribution in [0.4, 0.5) is 4.79 Å². The van der Waals surface area contributed by atoms with E-state index in [1.165, 1.54) is 23.3 Å². The molecule has 0 spiro atoms. The number of nitrogens with zero attached hydrogens (tertiary/aromatic N) is 2. The predicted octanol–water partition coefficient (Wildman–Crippen LogP) is 0.694. The first-order valence-corrected chi connectivity index (χ1v) is 6.49. The first-order valence-electron chi connectivity index (χ1n) is 5.67. The maximum Gasteiger partial charge on any atom is 0.323 e. The third-order valence-corrected chi connectivity index (χ3v) is 3.17. The van der Waals surface area contributed by atoms with Crippen LogP contribution in [0.25, 0.3) is 0 Å². The second-order valence-electron chi connectivity index (χ2n) is 3.81. The number of rotatable bonds is 7. The zero-order valence-electron chi connectivity index (χ0n) is 10.9. The Hall–Kier alpha value is -1.67. The van der Waals surface area contributed by atoms with Crippen LogP contribution >= 0.6 is 11.3 Å². The number of hydrogen-bond acceptors (Lipinski definition) is 5. The summed E-state index contributed by atoms with van der Waals surface area (Å²) in [6, 6.07) is -0.425. The highest BCUT2D eigenvalue weighted by Gasteiger charge is 2.16. The molecule has 1 aromatic rings. The molecule has 0 atom stereocenters. The number of carbonyl (C=O) groups excluding carboxylic acids is 1. The molecule has 7 nitrogen and oxygen atoms in total. The number of methoxy groups -OCH3 is 1. The zero-order valence-corrected chi connectivity index (χ0v) is 11.7. The van der Waals surface area contributed by atoms with Gasteiger partial charge >= 0.3 is 12.0 Å². The Bertz CT molecular complexity index is 435. The van der Waals surface area contributed by atoms with Gasteiger partial charge in [0.05, 0.1) is 18.2 Å². The molecule has 106 valence electrons. The largest absolute Gasteiger partial charge is 0.480 e. The van der Waals surface area contributed by atoms with Gasteiger partial charge in [-0.3, -0.25) is 4.79 Å². The molecule has 0 aliphatic carbocycles. The molecule has 0 aromatic carbocycles. The van der Waals surface area contributed by atoms with Crippen LogP contribution in [0.1, 0.15) is 9.88 Å². The number of carbonyl (C=O) groups is 2. The predicted molar refractivity (Wildman–Crippen MR) is 70.2 cm³/mol. The number of amides is 2. The molecule has 0 aliphatic heterocycles. The van der Waals surface area contributed by atoms with E-state index >= 15 is 0 Å². The minimum Gasteiger partial charge on any atom is -0.480 e. The number of carboxylic acids is 1. The van der Waals surface area contributed by atoms with Gasteiger partial charge < -0.3 is 20.1 Å². The summed E-state index contributed by atoms with van der Waals surface area (Å²) in [5.41, 5.74) is 0. The van der Waals surface area contributed by atoms with E-state index in [4.69, 9.17) is 9.84 Å². The van der Waals surface area contributed by atoms with Gasteiger partial charge in [-0.1, -0.05) is 0 Å². The zero-order chi connectivity index (χ0) is 14.3. The summed E-state index contributed by atoms with van der Waals surface area (Å²) >= 11 is 1.49. The molecule has 19 heavy (non-hydrogen) atoms. The van der Waals surface area contributed by atoms with Crippen molar-refractivity contribution in [2.24, 2.45) is 0 Å². The van der Waals surface area contributed by atoms with E-state index in [-0.39, 0.29) is 13.1 Å². The van der Waals surface area contributed by atoms with Crippen molar-refractivity contribution in [3.63, 3.8) is 0 Å². The molecule has 1 rings (SSSR count). The van der Waals surface area contributed by atoms with Crippen LogP contribution in [-0.2, 0) is 16.1 Å². The van der Waals surface area contributed by atoms with Crippen molar-refractivity contribution >= 4 is 23.3 Å². The number of carboxylic acid groups (broad SMARTS) is 1. The second kappa shape index (κ2) is 7.70. The van der Waals surface area contributed by atoms with E-state index in [0.29, 0.717) is 13.2 Å². The van der Waals surface area contributed by atoms with Crippen LogP contribution < -0.4 is 5.32 Å². The molecule has 0 saturated carbocycles. The highest BCUT2D eigenvalue weighted by Crippen LogP contribution is 2.10. The Morgan fingerprint density at radius 3 is 2.84 bits per heavy atom. The second-order valence-corrected chi connectivity index (χ2v) is 5.13. The monoisotopic (exact) mass is 287 g/mol. The third-order valence-electron chi connectivity index (χ3n) is 2.26. The Morgan fingerprint density at radius 1 is 1.58 bits per heavy atom. The van der Waals surface area contributed by atoms with Crippen molar-refractivity contribution in [3.8, 4) is 0 Å². The minimum absolute atomic E-state index is 0.232. The third kappa shape index (κ3) is 5.66. The van der Waals surface area contributed by atoms with Gasteiger partial charge in [0.25, 0.3) is 0 Å². The summed E-state index contributed by atoms with van der Waals surface area (Å²) in [7, 11) is 1.50. The lowest BCUT2D eigenvalue weighted by molar-refractivity contribution is -0.137. The van der Waals surface area contributed by atoms with Gasteiger partial charge in [0.2, 0.25) is 0 Å². The summed E-state index contributed by atoms with van der Waals surface area (Å²) in [6.45, 7) is 2.40. The molecule has 8 heteroatoms. The molecule has 2 N–H and O–H groups in total. The van der Waals surface area contributed by atoms with E-state index in [1.54, 1.807) is 6.20 Å². The molecule has 0 fully saturated rings. The summed E-state index contributed by atoms with van der Waals surface area (Å²) in [4.78, 5) is 28.7. The van der Waals surface area contributed by atoms with Crippen LogP contribution in [0.3, 0.4) is 0 Å². The number of aliphatic carboxylic acids is 1. The summed E-state index contributed by atoms with van der Waals surface area (Å²) in [5, 5.41) is 12.3. The first-order chi connectivity index (χ1) is 9.02. The molecule has 0 radical (unpaired) electrons. The average molecular weight is 287 g/mol. The molecule has 0 bridgehead atoms. The normalized spacial score (nSPS) is 10.2. The average Bonchev–Trinajstić information content (AvgIpc) is 2.77. The van der Waals surface area contributed by atoms with Crippen LogP contribution in [0, 0.1) is 6.92 Å². The van der Waals surface area contributed by atoms with Crippen LogP contribution in [-0.4, -0.2) is 53.8 Å². The summed E-state index contributed by atoms with van der Waals surface area (Å²) in [5.74, 6) is -1.06. The maximum atomic E-state index is 11.8. The Labute approximate surface area is 115 Å². The van der Waals surface area contributed by atoms with Crippen molar-refractivity contribution in [2.75, 3.05) is 26.8 Å². The smallest absolute Gasteiger partial charge is 0.323 e. The fourth-order valence-corrected chi connectivity index (χ4v) is 2.11. The molecule has 1 heterocycles. The van der Waals surface area contributed by atoms with Crippen LogP contribution in [0.5, 0.6) is 0 Å². The van der Waals surface area contributed by atoms with E-state index in [1.807, 2.05) is 6.92 Å². The van der Waals surface area contributed by atoms with Crippen molar-refractivity contribution in [2.45, 2.75) is 13.5 Å². The summed E-state index contributed by atoms with van der Waals surface area (Å²) in [6.07, 6.45) is 1.69. The number of ether oxygens (including phenoxy) is 1. The van der Waals surface area contributed by atoms with Crippen molar-refractivity contribution < 1.29 is 19.4 Å². The van der Waals surface area contributed by atoms with Gasteiger partial charge in [-0.15, -0.1) is 11.3 Å². The van der Waals surface area contributed by atoms with E-state index in [9.17, 15) is 9.59 Å². The van der Waals surface area contributed by atoms with Crippen molar-refractivity contribution in [1.82, 2.24) is 15.2 Å². The molecule has 0 unspecified atom stereocenters. The molecular formula is C11H17N3O4S. The number of nitrogens with one attached hydrogen (secondary N) is 1. The fraction of sp³-hybridized carbons (Fsp3) is 0.545. The SMILES string of the molecule is COCCN(CC(=O)O)C(=O)NCc1cnc(C)s1. The Morgan fingerprint density at radius 2 is 2.32 bits per heavy atom. The molecule has 0 aliphatic rings. The molecule has 2 amide bonds. The lowest BCUT2D eigenvalue weighted by Gasteiger charge is -2.20.